The van der Waals surface area contributed by atoms with Crippen molar-refractivity contribution in [2.24, 2.45) is 0 Å². The zero-order valence-electron chi connectivity index (χ0n) is 17.5. The van der Waals surface area contributed by atoms with Crippen molar-refractivity contribution >= 4 is 17.0 Å². The van der Waals surface area contributed by atoms with E-state index in [1.54, 1.807) is 25.6 Å². The van der Waals surface area contributed by atoms with E-state index < -0.39 is 0 Å². The van der Waals surface area contributed by atoms with Crippen molar-refractivity contribution in [3.05, 3.63) is 51.8 Å². The van der Waals surface area contributed by atoms with Gasteiger partial charge in [0.1, 0.15) is 11.4 Å². The number of nitrogens with zero attached hydrogens (tertiary/aromatic N) is 1. The average molecular weight is 411 g/mol. The maximum atomic E-state index is 6.06. The Labute approximate surface area is 175 Å². The molecule has 6 heteroatoms. The van der Waals surface area contributed by atoms with E-state index in [0.717, 1.165) is 57.7 Å². The van der Waals surface area contributed by atoms with Gasteiger partial charge in [0.15, 0.2) is 11.5 Å². The molecule has 0 atom stereocenters. The first-order valence-electron chi connectivity index (χ1n) is 9.63. The number of hydrogen-bond donors (Lipinski definition) is 1. The van der Waals surface area contributed by atoms with Crippen LogP contribution in [0.3, 0.4) is 0 Å². The molecule has 0 unspecified atom stereocenters. The molecular formula is C23H26N2O3S. The van der Waals surface area contributed by atoms with E-state index in [1.807, 2.05) is 18.2 Å². The molecule has 1 aliphatic heterocycles. The molecule has 0 radical (unpaired) electrons. The molecule has 0 amide bonds. The van der Waals surface area contributed by atoms with Crippen LogP contribution in [0.25, 0.3) is 11.3 Å². The fourth-order valence-electron chi connectivity index (χ4n) is 3.51. The van der Waals surface area contributed by atoms with Gasteiger partial charge in [0, 0.05) is 16.9 Å². The number of rotatable bonds is 5. The molecule has 0 fully saturated rings. The lowest BCUT2D eigenvalue weighted by molar-refractivity contribution is 0.116. The van der Waals surface area contributed by atoms with Gasteiger partial charge in [-0.25, -0.2) is 4.98 Å². The van der Waals surface area contributed by atoms with E-state index in [9.17, 15) is 0 Å². The molecule has 1 N–H and O–H groups in total. The zero-order chi connectivity index (χ0) is 20.6. The van der Waals surface area contributed by atoms with Gasteiger partial charge < -0.3 is 19.5 Å². The highest BCUT2D eigenvalue weighted by molar-refractivity contribution is 7.12. The number of benzene rings is 2. The Bertz CT molecular complexity index is 1040. The van der Waals surface area contributed by atoms with Crippen LogP contribution >= 0.6 is 11.3 Å². The highest BCUT2D eigenvalue weighted by Gasteiger charge is 2.26. The summed E-state index contributed by atoms with van der Waals surface area (Å²) in [6.07, 6.45) is 0.756. The van der Waals surface area contributed by atoms with E-state index in [4.69, 9.17) is 19.2 Å². The molecule has 0 saturated heterocycles. The highest BCUT2D eigenvalue weighted by atomic mass is 32.1. The van der Waals surface area contributed by atoms with Crippen LogP contribution in [0.4, 0.5) is 5.69 Å². The Balaban J connectivity index is 1.59. The first-order valence-corrected chi connectivity index (χ1v) is 10.4. The number of methoxy groups -OCH3 is 2. The van der Waals surface area contributed by atoms with Gasteiger partial charge in [0.2, 0.25) is 0 Å². The predicted octanol–water partition coefficient (Wildman–Crippen LogP) is 5.31. The molecule has 29 heavy (non-hydrogen) atoms. The van der Waals surface area contributed by atoms with E-state index in [2.05, 4.69) is 44.3 Å². The summed E-state index contributed by atoms with van der Waals surface area (Å²) >= 11 is 1.73. The molecule has 0 saturated carbocycles. The van der Waals surface area contributed by atoms with Crippen LogP contribution in [0.2, 0.25) is 0 Å². The van der Waals surface area contributed by atoms with Gasteiger partial charge in [0.05, 0.1) is 37.2 Å². The lowest BCUT2D eigenvalue weighted by atomic mass is 10.0. The topological polar surface area (TPSA) is 52.6 Å². The predicted molar refractivity (Wildman–Crippen MR) is 118 cm³/mol. The van der Waals surface area contributed by atoms with E-state index in [0.29, 0.717) is 0 Å². The molecule has 3 aromatic rings. The molecule has 0 aliphatic carbocycles. The normalized spacial score (nSPS) is 14.5. The molecular weight excluding hydrogens is 384 g/mol. The Morgan fingerprint density at radius 1 is 1.10 bits per heavy atom. The third kappa shape index (κ3) is 4.03. The van der Waals surface area contributed by atoms with Crippen molar-refractivity contribution in [2.45, 2.75) is 32.8 Å². The molecule has 0 bridgehead atoms. The lowest BCUT2D eigenvalue weighted by Gasteiger charge is -2.33. The Hall–Kier alpha value is -2.73. The van der Waals surface area contributed by atoms with Gasteiger partial charge in [-0.15, -0.1) is 11.3 Å². The fraction of sp³-hybridized carbons (Fsp3) is 0.348. The monoisotopic (exact) mass is 410 g/mol. The lowest BCUT2D eigenvalue weighted by Crippen LogP contribution is -2.39. The minimum Gasteiger partial charge on any atom is -0.493 e. The molecule has 4 rings (SSSR count). The second-order valence-electron chi connectivity index (χ2n) is 7.80. The molecule has 152 valence electrons. The zero-order valence-corrected chi connectivity index (χ0v) is 18.3. The van der Waals surface area contributed by atoms with Crippen LogP contribution in [-0.4, -0.2) is 31.3 Å². The van der Waals surface area contributed by atoms with Crippen molar-refractivity contribution in [2.75, 3.05) is 26.1 Å². The van der Waals surface area contributed by atoms with Gasteiger partial charge in [-0.3, -0.25) is 0 Å². The third-order valence-corrected chi connectivity index (χ3v) is 5.96. The maximum absolute atomic E-state index is 6.06. The van der Waals surface area contributed by atoms with Gasteiger partial charge in [-0.1, -0.05) is 6.07 Å². The van der Waals surface area contributed by atoms with Crippen LogP contribution < -0.4 is 19.5 Å². The number of anilines is 1. The Kier molecular flexibility index (Phi) is 5.13. The summed E-state index contributed by atoms with van der Waals surface area (Å²) in [5.41, 5.74) is 4.10. The number of ether oxygens (including phenoxy) is 3. The molecule has 0 spiro atoms. The maximum Gasteiger partial charge on any atom is 0.160 e. The van der Waals surface area contributed by atoms with E-state index in [1.165, 1.54) is 4.88 Å². The summed E-state index contributed by atoms with van der Waals surface area (Å²) in [5, 5.41) is 4.55. The van der Waals surface area contributed by atoms with Crippen molar-refractivity contribution in [3.63, 3.8) is 0 Å². The summed E-state index contributed by atoms with van der Waals surface area (Å²) in [4.78, 5) is 6.13. The highest BCUT2D eigenvalue weighted by Crippen LogP contribution is 2.38. The van der Waals surface area contributed by atoms with Crippen molar-refractivity contribution in [1.82, 2.24) is 4.98 Å². The number of aromatic nitrogens is 1. The number of hydrogen-bond acceptors (Lipinski definition) is 6. The van der Waals surface area contributed by atoms with Crippen molar-refractivity contribution in [1.29, 1.82) is 0 Å². The molecule has 5 nitrogen and oxygen atoms in total. The SMILES string of the molecule is COc1ccc(Cc2nc(-c3ccc4c(c3)NCC(C)(C)O4)c(C)s2)cc1OC. The Morgan fingerprint density at radius 2 is 1.90 bits per heavy atom. The van der Waals surface area contributed by atoms with Crippen LogP contribution in [0.15, 0.2) is 36.4 Å². The quantitative estimate of drug-likeness (QED) is 0.618. The minimum atomic E-state index is -0.197. The van der Waals surface area contributed by atoms with E-state index >= 15 is 0 Å². The third-order valence-electron chi connectivity index (χ3n) is 4.99. The number of aryl methyl sites for hydroxylation is 1. The average Bonchev–Trinajstić information content (AvgIpc) is 3.06. The largest absolute Gasteiger partial charge is 0.493 e. The molecule has 2 aromatic carbocycles. The van der Waals surface area contributed by atoms with Crippen molar-refractivity contribution in [3.8, 4) is 28.5 Å². The van der Waals surface area contributed by atoms with Gasteiger partial charge >= 0.3 is 0 Å². The summed E-state index contributed by atoms with van der Waals surface area (Å²) in [7, 11) is 3.30. The summed E-state index contributed by atoms with van der Waals surface area (Å²) in [5.74, 6) is 2.37. The van der Waals surface area contributed by atoms with Gasteiger partial charge in [0.25, 0.3) is 0 Å². The molecule has 1 aliphatic rings. The Morgan fingerprint density at radius 3 is 2.66 bits per heavy atom. The number of nitrogens with one attached hydrogen (secondary N) is 1. The minimum absolute atomic E-state index is 0.197. The molecule has 2 heterocycles. The van der Waals surface area contributed by atoms with Crippen LogP contribution in [0.1, 0.15) is 29.3 Å². The first-order chi connectivity index (χ1) is 13.9. The smallest absolute Gasteiger partial charge is 0.160 e. The van der Waals surface area contributed by atoms with Gasteiger partial charge in [-0.05, 0) is 56.7 Å². The molecule has 1 aromatic heterocycles. The van der Waals surface area contributed by atoms with Crippen LogP contribution in [0, 0.1) is 6.92 Å². The second kappa shape index (κ2) is 7.59. The van der Waals surface area contributed by atoms with Gasteiger partial charge in [-0.2, -0.15) is 0 Å². The van der Waals surface area contributed by atoms with Crippen molar-refractivity contribution < 1.29 is 14.2 Å². The summed E-state index contributed by atoms with van der Waals surface area (Å²) in [6, 6.07) is 12.3. The first kappa shape index (κ1) is 19.6. The summed E-state index contributed by atoms with van der Waals surface area (Å²) in [6.45, 7) is 7.07. The second-order valence-corrected chi connectivity index (χ2v) is 9.09. The van der Waals surface area contributed by atoms with Crippen LogP contribution in [0.5, 0.6) is 17.2 Å². The van der Waals surface area contributed by atoms with E-state index in [-0.39, 0.29) is 5.60 Å². The standard InChI is InChI=1S/C23H26N2O3S/c1-14-22(16-7-9-18-17(12-16)24-13-23(2,3)28-18)25-21(29-14)11-15-6-8-19(26-4)20(10-15)27-5/h6-10,12,24H,11,13H2,1-5H3. The number of fused-ring (bicyclic) bond motifs is 1. The summed E-state index contributed by atoms with van der Waals surface area (Å²) < 4.78 is 16.8. The van der Waals surface area contributed by atoms with Crippen LogP contribution in [-0.2, 0) is 6.42 Å². The fourth-order valence-corrected chi connectivity index (χ4v) is 4.50. The number of thiazole rings is 1.